The molecule has 1 aliphatic carbocycles. The average molecular weight is 193 g/mol. The zero-order valence-electron chi connectivity index (χ0n) is 9.26. The molecule has 2 atom stereocenters. The molecule has 0 fully saturated rings. The third-order valence-corrected chi connectivity index (χ3v) is 2.87. The summed E-state index contributed by atoms with van der Waals surface area (Å²) in [4.78, 5) is 11.0. The Labute approximate surface area is 86.1 Å². The van der Waals surface area contributed by atoms with Crippen molar-refractivity contribution in [1.29, 1.82) is 0 Å². The van der Waals surface area contributed by atoms with E-state index in [1.54, 1.807) is 6.92 Å². The summed E-state index contributed by atoms with van der Waals surface area (Å²) in [7, 11) is 0. The topological polar surface area (TPSA) is 29.1 Å². The van der Waals surface area contributed by atoms with Crippen LogP contribution < -0.4 is 5.32 Å². The largest absolute Gasteiger partial charge is 0.350 e. The molecule has 1 aliphatic rings. The summed E-state index contributed by atoms with van der Waals surface area (Å²) < 4.78 is 0. The predicted molar refractivity (Wildman–Crippen MR) is 58.9 cm³/mol. The molecule has 1 N–H and O–H groups in total. The number of amides is 1. The fourth-order valence-corrected chi connectivity index (χ4v) is 1.86. The van der Waals surface area contributed by atoms with Gasteiger partial charge in [-0.25, -0.2) is 0 Å². The molecule has 0 radical (unpaired) electrons. The molecule has 0 aromatic carbocycles. The first-order valence-electron chi connectivity index (χ1n) is 5.10. The van der Waals surface area contributed by atoms with Gasteiger partial charge in [0.05, 0.1) is 6.04 Å². The van der Waals surface area contributed by atoms with Crippen LogP contribution in [0, 0.1) is 5.92 Å². The molecule has 0 aromatic rings. The van der Waals surface area contributed by atoms with Crippen molar-refractivity contribution >= 4 is 5.91 Å². The van der Waals surface area contributed by atoms with E-state index in [9.17, 15) is 4.79 Å². The van der Waals surface area contributed by atoms with Crippen molar-refractivity contribution in [2.75, 3.05) is 0 Å². The van der Waals surface area contributed by atoms with E-state index in [2.05, 4.69) is 31.8 Å². The number of carbonyl (C=O) groups is 1. The van der Waals surface area contributed by atoms with Crippen molar-refractivity contribution in [3.05, 3.63) is 23.8 Å². The summed E-state index contributed by atoms with van der Waals surface area (Å²) >= 11 is 0. The van der Waals surface area contributed by atoms with Crippen LogP contribution in [0.15, 0.2) is 23.8 Å². The number of hydrogen-bond donors (Lipinski definition) is 1. The molecule has 0 bridgehead atoms. The Morgan fingerprint density at radius 3 is 2.71 bits per heavy atom. The van der Waals surface area contributed by atoms with Crippen LogP contribution in [0.1, 0.15) is 33.6 Å². The van der Waals surface area contributed by atoms with Crippen molar-refractivity contribution in [3.63, 3.8) is 0 Å². The van der Waals surface area contributed by atoms with Crippen molar-refractivity contribution < 1.29 is 4.79 Å². The Kier molecular flexibility index (Phi) is 3.50. The van der Waals surface area contributed by atoms with Crippen molar-refractivity contribution in [2.45, 2.75) is 39.7 Å². The lowest BCUT2D eigenvalue weighted by Crippen LogP contribution is -2.37. The number of allylic oxidation sites excluding steroid dienone is 2. The van der Waals surface area contributed by atoms with Gasteiger partial charge in [-0.15, -0.1) is 0 Å². The third-order valence-electron chi connectivity index (χ3n) is 2.87. The van der Waals surface area contributed by atoms with Gasteiger partial charge < -0.3 is 5.32 Å². The number of hydrogen-bond acceptors (Lipinski definition) is 1. The predicted octanol–water partition coefficient (Wildman–Crippen LogP) is 2.42. The molecule has 78 valence electrons. The van der Waals surface area contributed by atoms with Gasteiger partial charge in [0.15, 0.2) is 0 Å². The molecule has 2 nitrogen and oxygen atoms in total. The molecule has 1 rings (SSSR count). The zero-order valence-corrected chi connectivity index (χ0v) is 9.26. The summed E-state index contributed by atoms with van der Waals surface area (Å²) in [6.45, 7) is 9.68. The zero-order chi connectivity index (χ0) is 10.7. The Morgan fingerprint density at radius 1 is 1.57 bits per heavy atom. The summed E-state index contributed by atoms with van der Waals surface area (Å²) in [5.74, 6) is 0.570. The highest BCUT2D eigenvalue weighted by Crippen LogP contribution is 2.28. The summed E-state index contributed by atoms with van der Waals surface area (Å²) in [5, 5.41) is 2.97. The van der Waals surface area contributed by atoms with Gasteiger partial charge in [0.2, 0.25) is 5.91 Å². The van der Waals surface area contributed by atoms with Crippen LogP contribution in [0.3, 0.4) is 0 Å². The van der Waals surface area contributed by atoms with E-state index in [1.807, 2.05) is 0 Å². The molecule has 0 heterocycles. The third kappa shape index (κ3) is 2.72. The summed E-state index contributed by atoms with van der Waals surface area (Å²) in [6.07, 6.45) is 4.28. The normalized spacial score (nSPS) is 26.6. The highest BCUT2D eigenvalue weighted by Gasteiger charge is 2.22. The Hall–Kier alpha value is -1.05. The molecular weight excluding hydrogens is 174 g/mol. The van der Waals surface area contributed by atoms with Crippen LogP contribution in [0.25, 0.3) is 0 Å². The second-order valence-corrected chi connectivity index (χ2v) is 4.22. The minimum atomic E-state index is 0.0464. The van der Waals surface area contributed by atoms with Crippen molar-refractivity contribution in [3.8, 4) is 0 Å². The summed E-state index contributed by atoms with van der Waals surface area (Å²) in [5.41, 5.74) is 2.49. The van der Waals surface area contributed by atoms with Gasteiger partial charge in [-0.3, -0.25) is 4.79 Å². The quantitative estimate of drug-likeness (QED) is 0.670. The maximum Gasteiger partial charge on any atom is 0.217 e. The van der Waals surface area contributed by atoms with E-state index in [1.165, 1.54) is 11.1 Å². The van der Waals surface area contributed by atoms with E-state index >= 15 is 0 Å². The van der Waals surface area contributed by atoms with Crippen LogP contribution in [-0.4, -0.2) is 11.9 Å². The van der Waals surface area contributed by atoms with Crippen LogP contribution in [0.4, 0.5) is 0 Å². The lowest BCUT2D eigenvalue weighted by molar-refractivity contribution is -0.119. The van der Waals surface area contributed by atoms with Gasteiger partial charge in [-0.05, 0) is 32.6 Å². The molecule has 14 heavy (non-hydrogen) atoms. The van der Waals surface area contributed by atoms with Gasteiger partial charge in [0.25, 0.3) is 0 Å². The maximum absolute atomic E-state index is 11.0. The molecule has 0 spiro atoms. The fraction of sp³-hybridized carbons (Fsp3) is 0.583. The average Bonchev–Trinajstić information content (AvgIpc) is 2.07. The molecular formula is C12H19NO. The van der Waals surface area contributed by atoms with Crippen LogP contribution in [-0.2, 0) is 4.79 Å². The number of carbonyl (C=O) groups excluding carboxylic acids is 1. The van der Waals surface area contributed by atoms with Crippen LogP contribution >= 0.6 is 0 Å². The van der Waals surface area contributed by atoms with Crippen LogP contribution in [0.5, 0.6) is 0 Å². The minimum absolute atomic E-state index is 0.0464. The van der Waals surface area contributed by atoms with Gasteiger partial charge in [0.1, 0.15) is 0 Å². The lowest BCUT2D eigenvalue weighted by Gasteiger charge is -2.29. The number of nitrogens with one attached hydrogen (secondary N) is 1. The second kappa shape index (κ2) is 4.45. The van der Waals surface area contributed by atoms with Gasteiger partial charge >= 0.3 is 0 Å². The van der Waals surface area contributed by atoms with Crippen molar-refractivity contribution in [2.24, 2.45) is 5.92 Å². The molecule has 0 saturated heterocycles. The highest BCUT2D eigenvalue weighted by atomic mass is 16.1. The lowest BCUT2D eigenvalue weighted by atomic mass is 9.83. The monoisotopic (exact) mass is 193 g/mol. The first kappa shape index (κ1) is 11.0. The smallest absolute Gasteiger partial charge is 0.217 e. The van der Waals surface area contributed by atoms with E-state index in [0.29, 0.717) is 5.92 Å². The molecule has 0 aliphatic heterocycles. The van der Waals surface area contributed by atoms with Gasteiger partial charge in [-0.2, -0.15) is 0 Å². The summed E-state index contributed by atoms with van der Waals surface area (Å²) in [6, 6.07) is 0.211. The molecule has 1 amide bonds. The molecule has 2 heteroatoms. The second-order valence-electron chi connectivity index (χ2n) is 4.22. The van der Waals surface area contributed by atoms with Crippen LogP contribution in [0.2, 0.25) is 0 Å². The minimum Gasteiger partial charge on any atom is -0.350 e. The van der Waals surface area contributed by atoms with Gasteiger partial charge in [0, 0.05) is 6.92 Å². The highest BCUT2D eigenvalue weighted by molar-refractivity contribution is 5.73. The Bertz CT molecular complexity index is 278. The fourth-order valence-electron chi connectivity index (χ4n) is 1.86. The molecule has 0 saturated carbocycles. The number of rotatable bonds is 2. The van der Waals surface area contributed by atoms with Gasteiger partial charge in [-0.1, -0.05) is 23.8 Å². The maximum atomic E-state index is 11.0. The van der Waals surface area contributed by atoms with E-state index in [-0.39, 0.29) is 11.9 Å². The standard InChI is InChI=1S/C12H19NO/c1-8(2)11-6-5-9(3)12(7-11)13-10(4)14/h5,11-12H,1,6-7H2,2-4H3,(H,13,14). The first-order valence-corrected chi connectivity index (χ1v) is 5.10. The molecule has 0 aromatic heterocycles. The first-order chi connectivity index (χ1) is 6.50. The SMILES string of the molecule is C=C(C)C1CC=C(C)C(NC(C)=O)C1. The van der Waals surface area contributed by atoms with E-state index < -0.39 is 0 Å². The van der Waals surface area contributed by atoms with E-state index in [0.717, 1.165) is 12.8 Å². The molecule has 2 unspecified atom stereocenters. The Morgan fingerprint density at radius 2 is 2.21 bits per heavy atom. The Balaban J connectivity index is 2.66. The van der Waals surface area contributed by atoms with Crippen molar-refractivity contribution in [1.82, 2.24) is 5.32 Å². The van der Waals surface area contributed by atoms with E-state index in [4.69, 9.17) is 0 Å².